The van der Waals surface area contributed by atoms with E-state index in [-0.39, 0.29) is 133 Å². The van der Waals surface area contributed by atoms with Gasteiger partial charge in [0.05, 0.1) is 45.8 Å². The number of carbonyl (C=O) groups is 9. The van der Waals surface area contributed by atoms with Crippen molar-refractivity contribution in [2.24, 2.45) is 23.7 Å². The average molecular weight is 1270 g/mol. The van der Waals surface area contributed by atoms with Crippen molar-refractivity contribution in [1.29, 1.82) is 0 Å². The molecule has 0 radical (unpaired) electrons. The molecule has 29 heteroatoms. The van der Waals surface area contributed by atoms with Crippen molar-refractivity contribution in [3.63, 3.8) is 0 Å². The van der Waals surface area contributed by atoms with E-state index < -0.39 is 32.7 Å². The number of nitrogens with one attached hydrogen (secondary N) is 4. The molecule has 0 bridgehead atoms. The number of aliphatic hydroxyl groups excluding tert-OH is 1. The smallest absolute Gasteiger partial charge is 0.487 e. The van der Waals surface area contributed by atoms with Crippen LogP contribution in [0.3, 0.4) is 0 Å². The lowest BCUT2D eigenvalue weighted by atomic mass is 9.81. The van der Waals surface area contributed by atoms with E-state index in [4.69, 9.17) is 18.9 Å². The highest BCUT2D eigenvalue weighted by atomic mass is 16.7. The van der Waals surface area contributed by atoms with Crippen molar-refractivity contribution < 1.29 is 82.0 Å². The summed E-state index contributed by atoms with van der Waals surface area (Å²) in [5.74, 6) is -2.65. The van der Waals surface area contributed by atoms with Crippen molar-refractivity contribution >= 4 is 81.8 Å². The molecule has 0 atom stereocenters. The minimum Gasteiger partial charge on any atom is -0.487 e. The molecule has 0 spiro atoms. The number of rotatable bonds is 25. The molecular formula is C63H63N9O20. The maximum atomic E-state index is 13.0. The van der Waals surface area contributed by atoms with E-state index in [0.29, 0.717) is 98.1 Å². The second-order valence-electron chi connectivity index (χ2n) is 21.8. The predicted molar refractivity (Wildman–Crippen MR) is 323 cm³/mol. The summed E-state index contributed by atoms with van der Waals surface area (Å²) in [6.45, 7) is -0.403. The fraction of sp³-hybridized carbons (Fsp3) is 0.317. The molecule has 9 rings (SSSR count). The number of nitro groups is 3. The molecule has 0 unspecified atom stereocenters. The molecular weight excluding hydrogens is 1200 g/mol. The van der Waals surface area contributed by atoms with Gasteiger partial charge in [0.2, 0.25) is 23.6 Å². The van der Waals surface area contributed by atoms with E-state index in [1.807, 2.05) is 0 Å². The topological polar surface area (TPSA) is 395 Å². The first-order chi connectivity index (χ1) is 44.2. The van der Waals surface area contributed by atoms with Gasteiger partial charge in [-0.05, 0) is 146 Å². The monoisotopic (exact) mass is 1270 g/mol. The Hall–Kier alpha value is -11.2. The molecule has 5 aromatic rings. The largest absolute Gasteiger partial charge is 0.514 e. The molecule has 2 aliphatic heterocycles. The number of aliphatic hydroxyl groups is 1. The Morgan fingerprint density at radius 3 is 1.22 bits per heavy atom. The summed E-state index contributed by atoms with van der Waals surface area (Å²) >= 11 is 0. The summed E-state index contributed by atoms with van der Waals surface area (Å²) < 4.78 is 21.9. The molecule has 5 N–H and O–H groups in total. The highest BCUT2D eigenvalue weighted by molar-refractivity contribution is 6.13. The number of benzene rings is 5. The standard InChI is InChI=1S/C35H33N5O12.C28H30N4O8/c41-31(18-36-34(44)25-6-1-22(2-7-25)19-38-32(42)15-16-33(38)43)37-29-17-24(21-51-35(45)52-28-12-10-27(11-13-28)40(48)49)5-14-30(29)50-20-23-3-8-26(9-4-23)39(46)47;33-16-20-5-10-24(40-17-19-3-8-22(9-4-19)32(38)39)23(13-20)30-25(34)14-29-28(37)21-6-1-18(2-7-21)15-31-26(35)11-12-27(31)36/h3-5,8-17,22,25H,1-2,6-7,18-21H2,(H,36,44)(H,37,41);3-5,8-13,18,21,33H,1-2,6-7,14-17H2,(H,29,37)(H,30,34). The Bertz CT molecular complexity index is 3640. The van der Waals surface area contributed by atoms with Gasteiger partial charge in [0.1, 0.15) is 37.1 Å². The maximum Gasteiger partial charge on any atom is 0.514 e. The first kappa shape index (κ1) is 66.7. The number of anilines is 2. The molecule has 2 fully saturated rings. The number of hydrogen-bond acceptors (Lipinski definition) is 20. The lowest BCUT2D eigenvalue weighted by molar-refractivity contribution is -0.385. The van der Waals surface area contributed by atoms with Crippen LogP contribution in [0.4, 0.5) is 33.2 Å². The zero-order valence-electron chi connectivity index (χ0n) is 49.3. The van der Waals surface area contributed by atoms with Crippen LogP contribution in [-0.2, 0) is 69.5 Å². The Balaban J connectivity index is 0.000000245. The lowest BCUT2D eigenvalue weighted by Gasteiger charge is -2.29. The van der Waals surface area contributed by atoms with Gasteiger partial charge in [-0.3, -0.25) is 78.5 Å². The van der Waals surface area contributed by atoms with Gasteiger partial charge < -0.3 is 45.3 Å². The van der Waals surface area contributed by atoms with Gasteiger partial charge in [-0.1, -0.05) is 12.1 Å². The first-order valence-corrected chi connectivity index (χ1v) is 29.1. The zero-order valence-corrected chi connectivity index (χ0v) is 49.3. The molecule has 4 aliphatic rings. The Morgan fingerprint density at radius 1 is 0.478 bits per heavy atom. The van der Waals surface area contributed by atoms with E-state index in [0.717, 1.165) is 0 Å². The minimum atomic E-state index is -1.08. The molecule has 2 heterocycles. The van der Waals surface area contributed by atoms with Crippen LogP contribution in [0.1, 0.15) is 73.6 Å². The second-order valence-corrected chi connectivity index (χ2v) is 21.8. The first-order valence-electron chi connectivity index (χ1n) is 29.1. The van der Waals surface area contributed by atoms with Gasteiger partial charge in [0.15, 0.2) is 0 Å². The maximum absolute atomic E-state index is 13.0. The van der Waals surface area contributed by atoms with Crippen LogP contribution in [0.5, 0.6) is 17.2 Å². The average Bonchev–Trinajstić information content (AvgIpc) is 2.81. The van der Waals surface area contributed by atoms with E-state index in [1.54, 1.807) is 36.4 Å². The number of hydrogen-bond donors (Lipinski definition) is 5. The van der Waals surface area contributed by atoms with Gasteiger partial charge in [-0.25, -0.2) is 4.79 Å². The number of nitrogens with zero attached hydrogens (tertiary/aromatic N) is 5. The number of non-ortho nitro benzene ring substituents is 3. The second kappa shape index (κ2) is 31.8. The predicted octanol–water partition coefficient (Wildman–Crippen LogP) is 7.04. The highest BCUT2D eigenvalue weighted by Crippen LogP contribution is 2.33. The Morgan fingerprint density at radius 2 is 0.837 bits per heavy atom. The van der Waals surface area contributed by atoms with E-state index in [9.17, 15) is 78.6 Å². The molecule has 0 saturated heterocycles. The van der Waals surface area contributed by atoms with Crippen molar-refractivity contribution in [1.82, 2.24) is 20.4 Å². The van der Waals surface area contributed by atoms with Crippen molar-refractivity contribution in [2.45, 2.75) is 77.8 Å². The summed E-state index contributed by atoms with van der Waals surface area (Å²) in [5.41, 5.74) is 2.47. The molecule has 8 amide bonds. The fourth-order valence-electron chi connectivity index (χ4n) is 10.4. The van der Waals surface area contributed by atoms with Crippen molar-refractivity contribution in [3.05, 3.63) is 186 Å². The Kier molecular flexibility index (Phi) is 23.1. The van der Waals surface area contributed by atoms with Gasteiger partial charge >= 0.3 is 6.16 Å². The van der Waals surface area contributed by atoms with Crippen LogP contribution in [-0.4, -0.2) is 109 Å². The van der Waals surface area contributed by atoms with E-state index in [1.165, 1.54) is 107 Å². The quantitative estimate of drug-likeness (QED) is 0.0129. The van der Waals surface area contributed by atoms with Gasteiger partial charge in [0, 0.05) is 85.6 Å². The third-order valence-electron chi connectivity index (χ3n) is 15.5. The zero-order chi connectivity index (χ0) is 65.8. The highest BCUT2D eigenvalue weighted by Gasteiger charge is 2.33. The van der Waals surface area contributed by atoms with Crippen molar-refractivity contribution in [2.75, 3.05) is 36.8 Å². The number of amides is 8. The molecule has 0 aromatic heterocycles. The third kappa shape index (κ3) is 19.1. The van der Waals surface area contributed by atoms with E-state index >= 15 is 0 Å². The normalized spacial score (nSPS) is 17.4. The summed E-state index contributed by atoms with van der Waals surface area (Å²) in [5, 5.41) is 52.9. The molecule has 480 valence electrons. The summed E-state index contributed by atoms with van der Waals surface area (Å²) in [6.07, 6.45) is 8.90. The molecule has 29 nitrogen and oxygen atoms in total. The number of nitro benzene ring substituents is 3. The van der Waals surface area contributed by atoms with Gasteiger partial charge in [-0.2, -0.15) is 0 Å². The van der Waals surface area contributed by atoms with Crippen LogP contribution in [0.2, 0.25) is 0 Å². The number of imide groups is 2. The molecule has 5 aromatic carbocycles. The van der Waals surface area contributed by atoms with Gasteiger partial charge in [-0.15, -0.1) is 0 Å². The van der Waals surface area contributed by atoms with Crippen LogP contribution in [0.15, 0.2) is 133 Å². The fourth-order valence-corrected chi connectivity index (χ4v) is 10.4. The summed E-state index contributed by atoms with van der Waals surface area (Å²) in [6, 6.07) is 25.8. The van der Waals surface area contributed by atoms with Gasteiger partial charge in [0.25, 0.3) is 40.7 Å². The summed E-state index contributed by atoms with van der Waals surface area (Å²) in [7, 11) is 0. The Labute approximate surface area is 524 Å². The number of carbonyl (C=O) groups excluding carboxylic acids is 9. The van der Waals surface area contributed by atoms with E-state index in [2.05, 4.69) is 21.3 Å². The molecule has 2 aliphatic carbocycles. The lowest BCUT2D eigenvalue weighted by Crippen LogP contribution is -2.40. The van der Waals surface area contributed by atoms with Crippen LogP contribution >= 0.6 is 0 Å². The van der Waals surface area contributed by atoms with Crippen molar-refractivity contribution in [3.8, 4) is 17.2 Å². The SMILES string of the molecule is O=C(CNC(=O)C1CCC(CN2C(=O)C=CC2=O)CC1)Nc1cc(CO)ccc1OCc1ccc([N+](=O)[O-])cc1.O=C(CNC(=O)C1CCC(CN2C(=O)C=CC2=O)CC1)Nc1cc(COC(=O)Oc2ccc([N+](=O)[O-])cc2)ccc1OCc1ccc([N+](=O)[O-])cc1. The molecule has 92 heavy (non-hydrogen) atoms. The third-order valence-corrected chi connectivity index (χ3v) is 15.5. The van der Waals surface area contributed by atoms with Crippen LogP contribution in [0, 0.1) is 54.0 Å². The minimum absolute atomic E-state index is 0.00568. The van der Waals surface area contributed by atoms with Crippen LogP contribution in [0.25, 0.3) is 0 Å². The van der Waals surface area contributed by atoms with Crippen LogP contribution < -0.4 is 35.5 Å². The molecule has 2 saturated carbocycles. The number of ether oxygens (including phenoxy) is 4. The summed E-state index contributed by atoms with van der Waals surface area (Å²) in [4.78, 5) is 144.